The van der Waals surface area contributed by atoms with Gasteiger partial charge in [0, 0.05) is 26.2 Å². The minimum atomic E-state index is -0.834. The molecule has 4 N–H and O–H groups in total. The fraction of sp³-hybridized carbons (Fsp3) is 0.586. The number of nitrogens with two attached hydrogens (primary N) is 1. The van der Waals surface area contributed by atoms with E-state index in [0.717, 1.165) is 51.6 Å². The smallest absolute Gasteiger partial charge is 0.257 e. The number of benzene rings is 1. The molecule has 11 heteroatoms. The summed E-state index contributed by atoms with van der Waals surface area (Å²) < 4.78 is 20.1. The molecule has 2 atom stereocenters. The lowest BCUT2D eigenvalue weighted by Crippen LogP contribution is -2.52. The van der Waals surface area contributed by atoms with Crippen LogP contribution >= 0.6 is 0 Å². The minimum Gasteiger partial charge on any atom is -0.364 e. The molecule has 1 aliphatic carbocycles. The van der Waals surface area contributed by atoms with E-state index in [1.807, 2.05) is 14.0 Å². The predicted octanol–water partition coefficient (Wildman–Crippen LogP) is 2.73. The van der Waals surface area contributed by atoms with Gasteiger partial charge in [-0.3, -0.25) is 14.4 Å². The van der Waals surface area contributed by atoms with Gasteiger partial charge >= 0.3 is 0 Å². The molecule has 3 amide bonds. The monoisotopic (exact) mass is 556 g/mol. The van der Waals surface area contributed by atoms with Gasteiger partial charge in [0.2, 0.25) is 11.8 Å². The van der Waals surface area contributed by atoms with E-state index in [1.165, 1.54) is 18.4 Å². The van der Waals surface area contributed by atoms with Crippen molar-refractivity contribution in [1.29, 1.82) is 0 Å². The zero-order valence-corrected chi connectivity index (χ0v) is 23.5. The maximum Gasteiger partial charge on any atom is 0.257 e. The van der Waals surface area contributed by atoms with Crippen molar-refractivity contribution < 1.29 is 23.3 Å². The van der Waals surface area contributed by atoms with Gasteiger partial charge < -0.3 is 30.7 Å². The summed E-state index contributed by atoms with van der Waals surface area (Å²) in [6.45, 7) is 4.70. The summed E-state index contributed by atoms with van der Waals surface area (Å²) in [5.41, 5.74) is 7.57. The minimum absolute atomic E-state index is 0.0137. The van der Waals surface area contributed by atoms with E-state index < -0.39 is 29.7 Å². The van der Waals surface area contributed by atoms with Crippen molar-refractivity contribution in [2.45, 2.75) is 70.4 Å². The van der Waals surface area contributed by atoms with E-state index in [-0.39, 0.29) is 23.9 Å². The molecular weight excluding hydrogens is 515 g/mol. The van der Waals surface area contributed by atoms with Gasteiger partial charge in [-0.25, -0.2) is 4.39 Å². The van der Waals surface area contributed by atoms with Crippen molar-refractivity contribution in [1.82, 2.24) is 20.3 Å². The van der Waals surface area contributed by atoms with E-state index >= 15 is 4.39 Å². The van der Waals surface area contributed by atoms with Crippen LogP contribution in [0.5, 0.6) is 0 Å². The van der Waals surface area contributed by atoms with Gasteiger partial charge in [0.25, 0.3) is 5.91 Å². The SMILES string of the molecule is CCc1nocc1C(=O)N[C@H](C(=O)Nc1ccc(C[C@@H](N)C(=O)N2CCN(C)CC2)cc1F)C1CCCCCC1. The van der Waals surface area contributed by atoms with Gasteiger partial charge in [0.05, 0.1) is 17.4 Å². The summed E-state index contributed by atoms with van der Waals surface area (Å²) in [4.78, 5) is 43.2. The number of carbonyl (C=O) groups excluding carboxylic acids is 3. The molecule has 2 aliphatic rings. The van der Waals surface area contributed by atoms with Gasteiger partial charge in [0.1, 0.15) is 23.7 Å². The highest BCUT2D eigenvalue weighted by atomic mass is 19.1. The van der Waals surface area contributed by atoms with Gasteiger partial charge in [-0.15, -0.1) is 0 Å². The number of nitrogens with zero attached hydrogens (tertiary/aromatic N) is 3. The third-order valence-corrected chi connectivity index (χ3v) is 8.04. The Morgan fingerprint density at radius 3 is 2.48 bits per heavy atom. The molecule has 4 rings (SSSR count). The van der Waals surface area contributed by atoms with Crippen molar-refractivity contribution in [3.63, 3.8) is 0 Å². The highest BCUT2D eigenvalue weighted by molar-refractivity contribution is 6.01. The fourth-order valence-electron chi connectivity index (χ4n) is 5.56. The molecular formula is C29H41FN6O4. The van der Waals surface area contributed by atoms with Crippen molar-refractivity contribution in [3.8, 4) is 0 Å². The number of halogens is 1. The Labute approximate surface area is 234 Å². The van der Waals surface area contributed by atoms with Gasteiger partial charge in [-0.1, -0.05) is 43.8 Å². The third-order valence-electron chi connectivity index (χ3n) is 8.04. The van der Waals surface area contributed by atoms with Crippen LogP contribution in [0, 0.1) is 11.7 Å². The number of hydrogen-bond acceptors (Lipinski definition) is 7. The Hall–Kier alpha value is -3.31. The molecule has 2 heterocycles. The highest BCUT2D eigenvalue weighted by Crippen LogP contribution is 2.27. The summed E-state index contributed by atoms with van der Waals surface area (Å²) in [5.74, 6) is -1.74. The first kappa shape index (κ1) is 29.7. The standard InChI is InChI=1S/C29H41FN6O4/c1-3-24-21(18-40-34-24)27(37)33-26(20-8-6-4-5-7-9-20)28(38)32-25-11-10-19(16-22(25)30)17-23(31)29(39)36-14-12-35(2)13-15-36/h10-11,16,18,20,23,26H,3-9,12-15,17,31H2,1-2H3,(H,32,38)(H,33,37)/t23-,26+/m1/s1. The zero-order chi connectivity index (χ0) is 28.6. The molecule has 2 fully saturated rings. The number of aromatic nitrogens is 1. The summed E-state index contributed by atoms with van der Waals surface area (Å²) in [6.07, 6.45) is 7.68. The van der Waals surface area contributed by atoms with E-state index in [1.54, 1.807) is 11.0 Å². The second-order valence-corrected chi connectivity index (χ2v) is 11.0. The molecule has 10 nitrogen and oxygen atoms in total. The Balaban J connectivity index is 1.43. The Morgan fingerprint density at radius 2 is 1.82 bits per heavy atom. The average Bonchev–Trinajstić information content (AvgIpc) is 3.27. The van der Waals surface area contributed by atoms with Crippen molar-refractivity contribution in [2.24, 2.45) is 11.7 Å². The average molecular weight is 557 g/mol. The molecule has 2 aromatic rings. The normalized spacial score (nSPS) is 18.6. The number of hydrogen-bond donors (Lipinski definition) is 3. The predicted molar refractivity (Wildman–Crippen MR) is 149 cm³/mol. The number of amides is 3. The summed E-state index contributed by atoms with van der Waals surface area (Å²) in [5, 5.41) is 9.43. The Bertz CT molecular complexity index is 1170. The molecule has 1 aromatic carbocycles. The number of piperazine rings is 1. The summed E-state index contributed by atoms with van der Waals surface area (Å²) in [7, 11) is 2.01. The molecule has 218 valence electrons. The van der Waals surface area contributed by atoms with Crippen molar-refractivity contribution in [2.75, 3.05) is 38.5 Å². The van der Waals surface area contributed by atoms with Crippen LogP contribution in [0.1, 0.15) is 67.1 Å². The fourth-order valence-corrected chi connectivity index (χ4v) is 5.56. The number of carbonyl (C=O) groups is 3. The van der Waals surface area contributed by atoms with Crippen molar-refractivity contribution in [3.05, 3.63) is 47.1 Å². The van der Waals surface area contributed by atoms with E-state index in [2.05, 4.69) is 20.7 Å². The van der Waals surface area contributed by atoms with Crippen LogP contribution in [0.25, 0.3) is 0 Å². The molecule has 0 radical (unpaired) electrons. The molecule has 0 spiro atoms. The van der Waals surface area contributed by atoms with Crippen LogP contribution in [-0.4, -0.2) is 78.0 Å². The zero-order valence-electron chi connectivity index (χ0n) is 23.5. The van der Waals surface area contributed by atoms with Crippen LogP contribution < -0.4 is 16.4 Å². The van der Waals surface area contributed by atoms with Crippen LogP contribution in [0.3, 0.4) is 0 Å². The first-order valence-corrected chi connectivity index (χ1v) is 14.3. The van der Waals surface area contributed by atoms with Crippen LogP contribution in [-0.2, 0) is 22.4 Å². The molecule has 1 saturated carbocycles. The molecule has 0 bridgehead atoms. The van der Waals surface area contributed by atoms with Crippen LogP contribution in [0.15, 0.2) is 29.0 Å². The number of aryl methyl sites for hydroxylation is 1. The Morgan fingerprint density at radius 1 is 1.12 bits per heavy atom. The van der Waals surface area contributed by atoms with Crippen LogP contribution in [0.2, 0.25) is 0 Å². The van der Waals surface area contributed by atoms with E-state index in [9.17, 15) is 14.4 Å². The first-order valence-electron chi connectivity index (χ1n) is 14.3. The number of nitrogens with one attached hydrogen (secondary N) is 2. The Kier molecular flexibility index (Phi) is 10.3. The van der Waals surface area contributed by atoms with Gasteiger partial charge in [0.15, 0.2) is 0 Å². The first-order chi connectivity index (χ1) is 19.3. The molecule has 40 heavy (non-hydrogen) atoms. The lowest BCUT2D eigenvalue weighted by Gasteiger charge is -2.33. The lowest BCUT2D eigenvalue weighted by molar-refractivity contribution is -0.134. The van der Waals surface area contributed by atoms with Crippen molar-refractivity contribution >= 4 is 23.4 Å². The molecule has 1 aromatic heterocycles. The number of rotatable bonds is 9. The number of likely N-dealkylation sites (N-methyl/N-ethyl adjacent to an activating group) is 1. The number of anilines is 1. The second kappa shape index (κ2) is 13.8. The van der Waals surface area contributed by atoms with Gasteiger partial charge in [-0.2, -0.15) is 0 Å². The third kappa shape index (κ3) is 7.45. The maximum atomic E-state index is 15.2. The van der Waals surface area contributed by atoms with E-state index in [0.29, 0.717) is 36.3 Å². The van der Waals surface area contributed by atoms with Gasteiger partial charge in [-0.05, 0) is 56.3 Å². The van der Waals surface area contributed by atoms with E-state index in [4.69, 9.17) is 10.3 Å². The summed E-state index contributed by atoms with van der Waals surface area (Å²) >= 11 is 0. The molecule has 0 unspecified atom stereocenters. The quantitative estimate of drug-likeness (QED) is 0.405. The topological polar surface area (TPSA) is 134 Å². The molecule has 1 saturated heterocycles. The summed E-state index contributed by atoms with van der Waals surface area (Å²) in [6, 6.07) is 2.84. The maximum absolute atomic E-state index is 15.2. The largest absolute Gasteiger partial charge is 0.364 e. The second-order valence-electron chi connectivity index (χ2n) is 11.0. The van der Waals surface area contributed by atoms with Crippen LogP contribution in [0.4, 0.5) is 10.1 Å². The molecule has 1 aliphatic heterocycles. The lowest BCUT2D eigenvalue weighted by atomic mass is 9.90. The highest BCUT2D eigenvalue weighted by Gasteiger charge is 2.32.